The fourth-order valence-corrected chi connectivity index (χ4v) is 3.02. The van der Waals surface area contributed by atoms with Gasteiger partial charge in [-0.25, -0.2) is 4.68 Å². The number of nitrogens with zero attached hydrogens (tertiary/aromatic N) is 2. The molecule has 1 fully saturated rings. The third-order valence-corrected chi connectivity index (χ3v) is 4.98. The Kier molecular flexibility index (Phi) is 7.10. The number of ether oxygens (including phenoxy) is 2. The van der Waals surface area contributed by atoms with E-state index in [1.165, 1.54) is 0 Å². The van der Waals surface area contributed by atoms with E-state index in [0.29, 0.717) is 24.0 Å². The summed E-state index contributed by atoms with van der Waals surface area (Å²) in [5, 5.41) is 10.7. The van der Waals surface area contributed by atoms with E-state index in [1.807, 2.05) is 32.0 Å². The van der Waals surface area contributed by atoms with E-state index in [2.05, 4.69) is 15.7 Å². The van der Waals surface area contributed by atoms with Crippen molar-refractivity contribution in [3.8, 4) is 11.5 Å². The Morgan fingerprint density at radius 2 is 2.04 bits per heavy atom. The standard InChI is InChI=1S/C19H26N4O3.ClH/c1-12-8-21-23(11-14-5-6-16(25-3)17(7-14)26-4)18(12)22-19(24)13(2)15-9-20-10-15;/h5-8,13,15,20H,9-11H2,1-4H3,(H,22,24);1H. The average Bonchev–Trinajstić information content (AvgIpc) is 2.93. The summed E-state index contributed by atoms with van der Waals surface area (Å²) < 4.78 is 12.4. The minimum atomic E-state index is -0.0277. The maximum atomic E-state index is 12.6. The first-order chi connectivity index (χ1) is 12.5. The number of amides is 1. The predicted molar refractivity (Wildman–Crippen MR) is 107 cm³/mol. The molecule has 1 aromatic carbocycles. The van der Waals surface area contributed by atoms with Gasteiger partial charge in [0, 0.05) is 11.5 Å². The fourth-order valence-electron chi connectivity index (χ4n) is 3.02. The van der Waals surface area contributed by atoms with Crippen molar-refractivity contribution in [2.75, 3.05) is 32.6 Å². The van der Waals surface area contributed by atoms with Gasteiger partial charge < -0.3 is 20.1 Å². The second-order valence-electron chi connectivity index (χ2n) is 6.72. The molecule has 2 heterocycles. The molecule has 1 aliphatic rings. The molecular weight excluding hydrogens is 368 g/mol. The molecule has 1 atom stereocenters. The summed E-state index contributed by atoms with van der Waals surface area (Å²) in [5.74, 6) is 2.50. The molecule has 8 heteroatoms. The second kappa shape index (κ2) is 9.10. The minimum absolute atomic E-state index is 0. The Bertz CT molecular complexity index is 789. The van der Waals surface area contributed by atoms with Gasteiger partial charge in [0.1, 0.15) is 5.82 Å². The molecule has 1 unspecified atom stereocenters. The van der Waals surface area contributed by atoms with Crippen LogP contribution in [-0.4, -0.2) is 43.0 Å². The van der Waals surface area contributed by atoms with Gasteiger partial charge in [-0.15, -0.1) is 12.4 Å². The van der Waals surface area contributed by atoms with Crippen molar-refractivity contribution in [2.45, 2.75) is 20.4 Å². The lowest BCUT2D eigenvalue weighted by molar-refractivity contribution is -0.121. The zero-order valence-electron chi connectivity index (χ0n) is 16.1. The van der Waals surface area contributed by atoms with Gasteiger partial charge in [-0.3, -0.25) is 4.79 Å². The molecular formula is C19H27ClN4O3. The highest BCUT2D eigenvalue weighted by Gasteiger charge is 2.29. The molecule has 0 aliphatic carbocycles. The first kappa shape index (κ1) is 21.1. The largest absolute Gasteiger partial charge is 0.493 e. The zero-order valence-corrected chi connectivity index (χ0v) is 16.9. The van der Waals surface area contributed by atoms with Gasteiger partial charge in [0.05, 0.1) is 27.0 Å². The monoisotopic (exact) mass is 394 g/mol. The Balaban J connectivity index is 0.00000261. The molecule has 27 heavy (non-hydrogen) atoms. The smallest absolute Gasteiger partial charge is 0.228 e. The average molecular weight is 395 g/mol. The number of anilines is 1. The van der Waals surface area contributed by atoms with Crippen LogP contribution < -0.4 is 20.1 Å². The summed E-state index contributed by atoms with van der Waals surface area (Å²) in [6.07, 6.45) is 1.77. The second-order valence-corrected chi connectivity index (χ2v) is 6.72. The normalized spacial score (nSPS) is 14.7. The van der Waals surface area contributed by atoms with E-state index in [1.54, 1.807) is 25.1 Å². The van der Waals surface area contributed by atoms with Crippen molar-refractivity contribution in [3.63, 3.8) is 0 Å². The van der Waals surface area contributed by atoms with E-state index < -0.39 is 0 Å². The number of aromatic nitrogens is 2. The van der Waals surface area contributed by atoms with Crippen LogP contribution in [-0.2, 0) is 11.3 Å². The first-order valence-electron chi connectivity index (χ1n) is 8.78. The van der Waals surface area contributed by atoms with Crippen molar-refractivity contribution >= 4 is 24.1 Å². The molecule has 1 aromatic heterocycles. The lowest BCUT2D eigenvalue weighted by atomic mass is 9.88. The van der Waals surface area contributed by atoms with Crippen LogP contribution in [0.15, 0.2) is 24.4 Å². The van der Waals surface area contributed by atoms with Crippen molar-refractivity contribution in [2.24, 2.45) is 11.8 Å². The molecule has 0 bridgehead atoms. The highest BCUT2D eigenvalue weighted by atomic mass is 35.5. The van der Waals surface area contributed by atoms with Gasteiger partial charge >= 0.3 is 0 Å². The van der Waals surface area contributed by atoms with Gasteiger partial charge in [0.15, 0.2) is 11.5 Å². The number of hydrogen-bond donors (Lipinski definition) is 2. The number of rotatable bonds is 7. The van der Waals surface area contributed by atoms with Crippen molar-refractivity contribution in [1.82, 2.24) is 15.1 Å². The molecule has 1 aliphatic heterocycles. The van der Waals surface area contributed by atoms with Crippen LogP contribution in [0.1, 0.15) is 18.1 Å². The highest BCUT2D eigenvalue weighted by molar-refractivity contribution is 5.92. The fraction of sp³-hybridized carbons (Fsp3) is 0.474. The van der Waals surface area contributed by atoms with Crippen LogP contribution in [0.4, 0.5) is 5.82 Å². The number of carbonyl (C=O) groups is 1. The number of benzene rings is 1. The molecule has 148 valence electrons. The molecule has 0 spiro atoms. The first-order valence-corrected chi connectivity index (χ1v) is 8.78. The van der Waals surface area contributed by atoms with Crippen LogP contribution in [0.25, 0.3) is 0 Å². The molecule has 1 amide bonds. The van der Waals surface area contributed by atoms with Crippen LogP contribution in [0.2, 0.25) is 0 Å². The summed E-state index contributed by atoms with van der Waals surface area (Å²) in [4.78, 5) is 12.6. The molecule has 0 saturated carbocycles. The Hall–Kier alpha value is -2.25. The number of aryl methyl sites for hydroxylation is 1. The third-order valence-electron chi connectivity index (χ3n) is 4.98. The minimum Gasteiger partial charge on any atom is -0.493 e. The summed E-state index contributed by atoms with van der Waals surface area (Å²) in [7, 11) is 3.23. The summed E-state index contributed by atoms with van der Waals surface area (Å²) >= 11 is 0. The van der Waals surface area contributed by atoms with E-state index in [4.69, 9.17) is 9.47 Å². The summed E-state index contributed by atoms with van der Waals surface area (Å²) in [5.41, 5.74) is 1.95. The number of methoxy groups -OCH3 is 2. The van der Waals surface area contributed by atoms with Gasteiger partial charge in [-0.2, -0.15) is 5.10 Å². The molecule has 2 N–H and O–H groups in total. The third kappa shape index (κ3) is 4.54. The van der Waals surface area contributed by atoms with Gasteiger partial charge in [0.25, 0.3) is 0 Å². The zero-order chi connectivity index (χ0) is 18.7. The van der Waals surface area contributed by atoms with Gasteiger partial charge in [-0.1, -0.05) is 13.0 Å². The summed E-state index contributed by atoms with van der Waals surface area (Å²) in [6, 6.07) is 5.76. The number of halogens is 1. The van der Waals surface area contributed by atoms with Crippen molar-refractivity contribution in [1.29, 1.82) is 0 Å². The Labute approximate surface area is 165 Å². The maximum Gasteiger partial charge on any atom is 0.228 e. The van der Waals surface area contributed by atoms with Gasteiger partial charge in [0.2, 0.25) is 5.91 Å². The SMILES string of the molecule is COc1ccc(Cn2ncc(C)c2NC(=O)C(C)C2CNC2)cc1OC.Cl. The van der Waals surface area contributed by atoms with E-state index in [0.717, 1.165) is 30.0 Å². The molecule has 1 saturated heterocycles. The predicted octanol–water partition coefficient (Wildman–Crippen LogP) is 2.47. The number of carbonyl (C=O) groups excluding carboxylic acids is 1. The van der Waals surface area contributed by atoms with Crippen LogP contribution in [0, 0.1) is 18.8 Å². The molecule has 7 nitrogen and oxygen atoms in total. The van der Waals surface area contributed by atoms with Crippen molar-refractivity contribution in [3.05, 3.63) is 35.5 Å². The van der Waals surface area contributed by atoms with Gasteiger partial charge in [-0.05, 0) is 43.6 Å². The summed E-state index contributed by atoms with van der Waals surface area (Å²) in [6.45, 7) is 6.26. The van der Waals surface area contributed by atoms with E-state index in [-0.39, 0.29) is 24.2 Å². The number of hydrogen-bond acceptors (Lipinski definition) is 5. The molecule has 0 radical (unpaired) electrons. The lowest BCUT2D eigenvalue weighted by Crippen LogP contribution is -2.48. The van der Waals surface area contributed by atoms with Crippen LogP contribution >= 0.6 is 12.4 Å². The quantitative estimate of drug-likeness (QED) is 0.754. The van der Waals surface area contributed by atoms with Crippen LogP contribution in [0.3, 0.4) is 0 Å². The van der Waals surface area contributed by atoms with Crippen LogP contribution in [0.5, 0.6) is 11.5 Å². The molecule has 2 aromatic rings. The Morgan fingerprint density at radius 3 is 2.63 bits per heavy atom. The van der Waals surface area contributed by atoms with E-state index in [9.17, 15) is 4.79 Å². The lowest BCUT2D eigenvalue weighted by Gasteiger charge is -2.31. The topological polar surface area (TPSA) is 77.4 Å². The highest BCUT2D eigenvalue weighted by Crippen LogP contribution is 2.28. The maximum absolute atomic E-state index is 12.6. The van der Waals surface area contributed by atoms with E-state index >= 15 is 0 Å². The van der Waals surface area contributed by atoms with Crippen molar-refractivity contribution < 1.29 is 14.3 Å². The number of nitrogens with one attached hydrogen (secondary N) is 2. The Morgan fingerprint density at radius 1 is 1.33 bits per heavy atom. The molecule has 3 rings (SSSR count).